The standard InChI is InChI=1S/C27H38O4/c1-16(2)22-11-12-24(26(18(5)6)25(22)17(3)4)30-14-13-20(8)31-21-10-9-19(7)23(15-21)27(28)29/h9-12,15-18,20H,13-14H2,1-8H3,(H,28,29). The molecule has 0 aliphatic heterocycles. The topological polar surface area (TPSA) is 55.8 Å². The van der Waals surface area contributed by atoms with Crippen LogP contribution in [0.4, 0.5) is 0 Å². The van der Waals surface area contributed by atoms with Crippen molar-refractivity contribution in [2.24, 2.45) is 0 Å². The lowest BCUT2D eigenvalue weighted by molar-refractivity contribution is 0.0695. The molecule has 2 aromatic carbocycles. The molecule has 1 unspecified atom stereocenters. The van der Waals surface area contributed by atoms with E-state index < -0.39 is 5.97 Å². The highest BCUT2D eigenvalue weighted by molar-refractivity contribution is 5.89. The molecule has 0 saturated heterocycles. The molecule has 4 heteroatoms. The van der Waals surface area contributed by atoms with E-state index in [0.29, 0.717) is 36.5 Å². The fourth-order valence-electron chi connectivity index (χ4n) is 4.03. The van der Waals surface area contributed by atoms with Crippen molar-refractivity contribution in [2.45, 2.75) is 85.7 Å². The molecule has 4 nitrogen and oxygen atoms in total. The summed E-state index contributed by atoms with van der Waals surface area (Å²) in [6, 6.07) is 9.50. The molecule has 0 amide bonds. The van der Waals surface area contributed by atoms with Crippen molar-refractivity contribution < 1.29 is 19.4 Å². The molecule has 2 aromatic rings. The maximum absolute atomic E-state index is 11.3. The Morgan fingerprint density at radius 2 is 1.55 bits per heavy atom. The summed E-state index contributed by atoms with van der Waals surface area (Å²) in [4.78, 5) is 11.3. The molecule has 1 atom stereocenters. The molecule has 0 fully saturated rings. The van der Waals surface area contributed by atoms with Crippen LogP contribution in [0.15, 0.2) is 30.3 Å². The van der Waals surface area contributed by atoms with Gasteiger partial charge in [0.2, 0.25) is 0 Å². The molecule has 0 radical (unpaired) electrons. The Morgan fingerprint density at radius 3 is 2.10 bits per heavy atom. The molecule has 0 aliphatic rings. The van der Waals surface area contributed by atoms with Crippen LogP contribution in [0, 0.1) is 6.92 Å². The van der Waals surface area contributed by atoms with E-state index in [1.807, 2.05) is 13.0 Å². The lowest BCUT2D eigenvalue weighted by Gasteiger charge is -2.25. The largest absolute Gasteiger partial charge is 0.493 e. The first-order valence-corrected chi connectivity index (χ1v) is 11.3. The van der Waals surface area contributed by atoms with Crippen molar-refractivity contribution in [2.75, 3.05) is 6.61 Å². The van der Waals surface area contributed by atoms with Crippen LogP contribution < -0.4 is 9.47 Å². The smallest absolute Gasteiger partial charge is 0.336 e. The molecule has 0 bridgehead atoms. The van der Waals surface area contributed by atoms with Gasteiger partial charge in [-0.15, -0.1) is 0 Å². The average molecular weight is 427 g/mol. The third-order valence-corrected chi connectivity index (χ3v) is 5.62. The Morgan fingerprint density at radius 1 is 0.903 bits per heavy atom. The van der Waals surface area contributed by atoms with E-state index in [2.05, 4.69) is 53.7 Å². The molecular weight excluding hydrogens is 388 g/mol. The summed E-state index contributed by atoms with van der Waals surface area (Å²) in [6.07, 6.45) is 0.614. The minimum atomic E-state index is -0.939. The number of benzene rings is 2. The van der Waals surface area contributed by atoms with Crippen LogP contribution in [0.5, 0.6) is 11.5 Å². The zero-order valence-corrected chi connectivity index (χ0v) is 20.3. The van der Waals surface area contributed by atoms with E-state index >= 15 is 0 Å². The van der Waals surface area contributed by atoms with Gasteiger partial charge in [0.25, 0.3) is 0 Å². The third kappa shape index (κ3) is 6.25. The van der Waals surface area contributed by atoms with Gasteiger partial charge in [-0.1, -0.05) is 53.7 Å². The van der Waals surface area contributed by atoms with Crippen molar-refractivity contribution in [3.05, 3.63) is 58.1 Å². The predicted molar refractivity (Wildman–Crippen MR) is 127 cm³/mol. The lowest BCUT2D eigenvalue weighted by Crippen LogP contribution is -2.17. The first kappa shape index (κ1) is 24.8. The number of hydrogen-bond acceptors (Lipinski definition) is 3. The fraction of sp³-hybridized carbons (Fsp3) is 0.519. The number of ether oxygens (including phenoxy) is 2. The SMILES string of the molecule is Cc1ccc(OC(C)CCOc2ccc(C(C)C)c(C(C)C)c2C(C)C)cc1C(=O)O. The number of carboxylic acids is 1. The van der Waals surface area contributed by atoms with Gasteiger partial charge in [-0.2, -0.15) is 0 Å². The second-order valence-corrected chi connectivity index (χ2v) is 9.29. The number of aromatic carboxylic acids is 1. The Bertz CT molecular complexity index is 896. The normalized spacial score (nSPS) is 12.5. The van der Waals surface area contributed by atoms with E-state index in [0.717, 1.165) is 11.3 Å². The maximum Gasteiger partial charge on any atom is 0.336 e. The van der Waals surface area contributed by atoms with Crippen molar-refractivity contribution in [1.82, 2.24) is 0 Å². The first-order chi connectivity index (χ1) is 14.5. The highest BCUT2D eigenvalue weighted by Gasteiger charge is 2.21. The maximum atomic E-state index is 11.3. The molecule has 0 heterocycles. The molecule has 170 valence electrons. The summed E-state index contributed by atoms with van der Waals surface area (Å²) in [6.45, 7) is 17.7. The third-order valence-electron chi connectivity index (χ3n) is 5.62. The molecule has 31 heavy (non-hydrogen) atoms. The minimum Gasteiger partial charge on any atom is -0.493 e. The molecule has 0 saturated carbocycles. The number of carboxylic acid groups (broad SMARTS) is 1. The van der Waals surface area contributed by atoms with E-state index in [9.17, 15) is 9.90 Å². The molecule has 0 spiro atoms. The van der Waals surface area contributed by atoms with Crippen molar-refractivity contribution in [3.63, 3.8) is 0 Å². The van der Waals surface area contributed by atoms with Gasteiger partial charge < -0.3 is 14.6 Å². The summed E-state index contributed by atoms with van der Waals surface area (Å²) in [5.74, 6) is 1.88. The van der Waals surface area contributed by atoms with Crippen LogP contribution in [-0.4, -0.2) is 23.8 Å². The fourth-order valence-corrected chi connectivity index (χ4v) is 4.03. The van der Waals surface area contributed by atoms with Crippen molar-refractivity contribution in [1.29, 1.82) is 0 Å². The lowest BCUT2D eigenvalue weighted by atomic mass is 9.83. The molecule has 2 rings (SSSR count). The van der Waals surface area contributed by atoms with Gasteiger partial charge in [0.05, 0.1) is 18.3 Å². The Hall–Kier alpha value is -2.49. The van der Waals surface area contributed by atoms with Gasteiger partial charge in [0, 0.05) is 12.0 Å². The monoisotopic (exact) mass is 426 g/mol. The van der Waals surface area contributed by atoms with Gasteiger partial charge in [-0.25, -0.2) is 4.79 Å². The van der Waals surface area contributed by atoms with Gasteiger partial charge in [-0.3, -0.25) is 0 Å². The summed E-state index contributed by atoms with van der Waals surface area (Å²) in [5, 5.41) is 9.30. The number of carbonyl (C=O) groups is 1. The summed E-state index contributed by atoms with van der Waals surface area (Å²) >= 11 is 0. The van der Waals surface area contributed by atoms with E-state index in [-0.39, 0.29) is 11.7 Å². The van der Waals surface area contributed by atoms with E-state index in [1.54, 1.807) is 19.1 Å². The number of rotatable bonds is 10. The zero-order valence-electron chi connectivity index (χ0n) is 20.3. The molecule has 1 N–H and O–H groups in total. The van der Waals surface area contributed by atoms with Crippen molar-refractivity contribution >= 4 is 5.97 Å². The predicted octanol–water partition coefficient (Wildman–Crippen LogP) is 7.30. The highest BCUT2D eigenvalue weighted by Crippen LogP contribution is 2.39. The number of hydrogen-bond donors (Lipinski definition) is 1. The van der Waals surface area contributed by atoms with Crippen LogP contribution in [0.25, 0.3) is 0 Å². The summed E-state index contributed by atoms with van der Waals surface area (Å²) < 4.78 is 12.2. The van der Waals surface area contributed by atoms with Crippen LogP contribution in [0.2, 0.25) is 0 Å². The van der Waals surface area contributed by atoms with E-state index in [4.69, 9.17) is 9.47 Å². The van der Waals surface area contributed by atoms with Gasteiger partial charge >= 0.3 is 5.97 Å². The molecular formula is C27H38O4. The summed E-state index contributed by atoms with van der Waals surface area (Å²) in [5.41, 5.74) is 5.11. The molecule has 0 aromatic heterocycles. The Balaban J connectivity index is 2.10. The van der Waals surface area contributed by atoms with Gasteiger partial charge in [-0.05, 0) is 66.5 Å². The van der Waals surface area contributed by atoms with E-state index in [1.165, 1.54) is 16.7 Å². The van der Waals surface area contributed by atoms with Gasteiger partial charge in [0.15, 0.2) is 0 Å². The average Bonchev–Trinajstić information content (AvgIpc) is 2.68. The molecule has 0 aliphatic carbocycles. The van der Waals surface area contributed by atoms with Crippen LogP contribution in [0.3, 0.4) is 0 Å². The second kappa shape index (κ2) is 10.7. The minimum absolute atomic E-state index is 0.0913. The quantitative estimate of drug-likeness (QED) is 0.433. The summed E-state index contributed by atoms with van der Waals surface area (Å²) in [7, 11) is 0. The van der Waals surface area contributed by atoms with Crippen LogP contribution >= 0.6 is 0 Å². The van der Waals surface area contributed by atoms with Crippen LogP contribution in [-0.2, 0) is 0 Å². The number of aryl methyl sites for hydroxylation is 1. The Kier molecular flexibility index (Phi) is 8.55. The second-order valence-electron chi connectivity index (χ2n) is 9.29. The Labute approximate surface area is 187 Å². The van der Waals surface area contributed by atoms with Crippen LogP contribution in [0.1, 0.15) is 105 Å². The highest BCUT2D eigenvalue weighted by atomic mass is 16.5. The zero-order chi connectivity index (χ0) is 23.3. The van der Waals surface area contributed by atoms with Gasteiger partial charge in [0.1, 0.15) is 11.5 Å². The van der Waals surface area contributed by atoms with Crippen molar-refractivity contribution in [3.8, 4) is 11.5 Å². The first-order valence-electron chi connectivity index (χ1n) is 11.3.